The fraction of sp³-hybridized carbons (Fsp3) is 0.182. The first kappa shape index (κ1) is 22.0. The molecule has 32 heavy (non-hydrogen) atoms. The molecule has 2 aromatic heterocycles. The monoisotopic (exact) mass is 469 g/mol. The van der Waals surface area contributed by atoms with Crippen LogP contribution in [-0.4, -0.2) is 32.5 Å². The Kier molecular flexibility index (Phi) is 6.81. The Bertz CT molecular complexity index is 1220. The van der Waals surface area contributed by atoms with Gasteiger partial charge in [0.05, 0.1) is 18.5 Å². The highest BCUT2D eigenvalue weighted by Crippen LogP contribution is 2.30. The van der Waals surface area contributed by atoms with Crippen molar-refractivity contribution in [3.05, 3.63) is 77.4 Å². The number of carbonyl (C=O) groups excluding carboxylic acids is 1. The van der Waals surface area contributed by atoms with E-state index in [0.29, 0.717) is 23.2 Å². The minimum absolute atomic E-state index is 0.112. The van der Waals surface area contributed by atoms with Crippen LogP contribution in [0.4, 0.5) is 9.52 Å². The smallest absolute Gasteiger partial charge is 0.281 e. The van der Waals surface area contributed by atoms with Crippen molar-refractivity contribution in [2.24, 2.45) is 0 Å². The number of anilines is 1. The molecule has 0 unspecified atom stereocenters. The molecular formula is C22H20FN5O2S2. The molecule has 0 bridgehead atoms. The van der Waals surface area contributed by atoms with Gasteiger partial charge in [-0.05, 0) is 49.2 Å². The third-order valence-electron chi connectivity index (χ3n) is 4.53. The Hall–Kier alpha value is -3.24. The van der Waals surface area contributed by atoms with E-state index in [0.717, 1.165) is 10.1 Å². The van der Waals surface area contributed by atoms with Gasteiger partial charge < -0.3 is 4.74 Å². The maximum atomic E-state index is 13.2. The number of amides is 1. The molecule has 0 radical (unpaired) electrons. The van der Waals surface area contributed by atoms with E-state index in [1.54, 1.807) is 30.1 Å². The Morgan fingerprint density at radius 1 is 1.19 bits per heavy atom. The Morgan fingerprint density at radius 2 is 1.97 bits per heavy atom. The first-order valence-corrected chi connectivity index (χ1v) is 11.6. The second-order valence-electron chi connectivity index (χ2n) is 6.74. The van der Waals surface area contributed by atoms with Crippen molar-refractivity contribution in [3.63, 3.8) is 0 Å². The number of nitrogens with zero attached hydrogens (tertiary/aromatic N) is 4. The predicted octanol–water partition coefficient (Wildman–Crippen LogP) is 5.11. The van der Waals surface area contributed by atoms with E-state index in [1.165, 1.54) is 39.3 Å². The SMILES string of the molecule is CCOc1cn(-c2ccc(F)cc2)nc1C(=O)Nc1nnc(SCc2ccccc2C)s1. The van der Waals surface area contributed by atoms with Crippen LogP contribution in [0, 0.1) is 12.7 Å². The summed E-state index contributed by atoms with van der Waals surface area (Å²) in [5, 5.41) is 15.7. The lowest BCUT2D eigenvalue weighted by atomic mass is 10.1. The summed E-state index contributed by atoms with van der Waals surface area (Å²) in [6.45, 7) is 4.26. The fourth-order valence-corrected chi connectivity index (χ4v) is 4.71. The van der Waals surface area contributed by atoms with Gasteiger partial charge in [-0.25, -0.2) is 9.07 Å². The molecule has 1 amide bonds. The lowest BCUT2D eigenvalue weighted by Crippen LogP contribution is -2.14. The number of thioether (sulfide) groups is 1. The largest absolute Gasteiger partial charge is 0.490 e. The Morgan fingerprint density at radius 3 is 2.72 bits per heavy atom. The molecule has 2 heterocycles. The first-order valence-electron chi connectivity index (χ1n) is 9.84. The minimum atomic E-state index is -0.457. The lowest BCUT2D eigenvalue weighted by molar-refractivity contribution is 0.101. The van der Waals surface area contributed by atoms with E-state index in [1.807, 2.05) is 19.1 Å². The number of rotatable bonds is 8. The van der Waals surface area contributed by atoms with Crippen molar-refractivity contribution in [2.75, 3.05) is 11.9 Å². The Labute approximate surface area is 192 Å². The van der Waals surface area contributed by atoms with Crippen LogP contribution in [0.3, 0.4) is 0 Å². The molecule has 10 heteroatoms. The van der Waals surface area contributed by atoms with Gasteiger partial charge in [0.15, 0.2) is 15.8 Å². The zero-order chi connectivity index (χ0) is 22.5. The van der Waals surface area contributed by atoms with Gasteiger partial charge in [-0.2, -0.15) is 5.10 Å². The lowest BCUT2D eigenvalue weighted by Gasteiger charge is -2.03. The third-order valence-corrected chi connectivity index (χ3v) is 6.55. The zero-order valence-electron chi connectivity index (χ0n) is 17.4. The van der Waals surface area contributed by atoms with Crippen LogP contribution in [0.5, 0.6) is 5.75 Å². The number of halogens is 1. The molecule has 2 aromatic carbocycles. The third kappa shape index (κ3) is 5.14. The molecule has 0 saturated heterocycles. The molecule has 0 fully saturated rings. The summed E-state index contributed by atoms with van der Waals surface area (Å²) in [5.41, 5.74) is 3.17. The van der Waals surface area contributed by atoms with Crippen LogP contribution in [0.2, 0.25) is 0 Å². The predicted molar refractivity (Wildman–Crippen MR) is 123 cm³/mol. The van der Waals surface area contributed by atoms with Crippen molar-refractivity contribution in [2.45, 2.75) is 23.9 Å². The number of aromatic nitrogens is 4. The molecule has 0 spiro atoms. The molecule has 0 aliphatic rings. The maximum Gasteiger partial charge on any atom is 0.281 e. The molecule has 4 rings (SSSR count). The van der Waals surface area contributed by atoms with Crippen LogP contribution in [-0.2, 0) is 5.75 Å². The summed E-state index contributed by atoms with van der Waals surface area (Å²) in [7, 11) is 0. The van der Waals surface area contributed by atoms with Gasteiger partial charge in [-0.3, -0.25) is 10.1 Å². The summed E-state index contributed by atoms with van der Waals surface area (Å²) < 4.78 is 21.0. The number of hydrogen-bond donors (Lipinski definition) is 1. The first-order chi connectivity index (χ1) is 15.5. The number of nitrogens with one attached hydrogen (secondary N) is 1. The normalized spacial score (nSPS) is 10.8. The van der Waals surface area contributed by atoms with E-state index < -0.39 is 5.91 Å². The standard InChI is InChI=1S/C22H20FN5O2S2/c1-3-30-18-12-28(17-10-8-16(23)9-11-17)27-19(18)20(29)24-21-25-26-22(32-21)31-13-15-7-5-4-6-14(15)2/h4-12H,3,13H2,1-2H3,(H,24,25,29). The van der Waals surface area contributed by atoms with Gasteiger partial charge in [0.1, 0.15) is 5.82 Å². The fourth-order valence-electron chi connectivity index (χ4n) is 2.89. The van der Waals surface area contributed by atoms with Crippen molar-refractivity contribution in [1.82, 2.24) is 20.0 Å². The van der Waals surface area contributed by atoms with Crippen LogP contribution >= 0.6 is 23.1 Å². The van der Waals surface area contributed by atoms with Gasteiger partial charge in [0.2, 0.25) is 5.13 Å². The van der Waals surface area contributed by atoms with E-state index in [4.69, 9.17) is 4.74 Å². The number of aryl methyl sites for hydroxylation is 1. The topological polar surface area (TPSA) is 81.9 Å². The molecule has 0 aliphatic heterocycles. The van der Waals surface area contributed by atoms with Crippen LogP contribution < -0.4 is 10.1 Å². The summed E-state index contributed by atoms with van der Waals surface area (Å²) in [5.74, 6) is 0.288. The average Bonchev–Trinajstić information content (AvgIpc) is 3.41. The zero-order valence-corrected chi connectivity index (χ0v) is 19.0. The highest BCUT2D eigenvalue weighted by Gasteiger charge is 2.20. The van der Waals surface area contributed by atoms with Crippen molar-refractivity contribution in [1.29, 1.82) is 0 Å². The van der Waals surface area contributed by atoms with Gasteiger partial charge >= 0.3 is 0 Å². The van der Waals surface area contributed by atoms with Crippen molar-refractivity contribution in [3.8, 4) is 11.4 Å². The molecular weight excluding hydrogens is 449 g/mol. The molecule has 4 aromatic rings. The number of hydrogen-bond acceptors (Lipinski definition) is 7. The molecule has 0 saturated carbocycles. The quantitative estimate of drug-likeness (QED) is 0.285. The molecule has 1 N–H and O–H groups in total. The molecule has 164 valence electrons. The van der Waals surface area contributed by atoms with E-state index in [-0.39, 0.29) is 11.5 Å². The summed E-state index contributed by atoms with van der Waals surface area (Å²) in [6.07, 6.45) is 1.59. The Balaban J connectivity index is 1.46. The second-order valence-corrected chi connectivity index (χ2v) is 8.94. The van der Waals surface area contributed by atoms with Crippen molar-refractivity contribution >= 4 is 34.1 Å². The van der Waals surface area contributed by atoms with Gasteiger partial charge in [-0.15, -0.1) is 10.2 Å². The van der Waals surface area contributed by atoms with Gasteiger partial charge in [0.25, 0.3) is 5.91 Å². The molecule has 7 nitrogen and oxygen atoms in total. The van der Waals surface area contributed by atoms with Crippen molar-refractivity contribution < 1.29 is 13.9 Å². The minimum Gasteiger partial charge on any atom is -0.490 e. The number of ether oxygens (including phenoxy) is 1. The van der Waals surface area contributed by atoms with E-state index >= 15 is 0 Å². The summed E-state index contributed by atoms with van der Waals surface area (Å²) in [4.78, 5) is 12.8. The average molecular weight is 470 g/mol. The highest BCUT2D eigenvalue weighted by molar-refractivity contribution is 8.00. The van der Waals surface area contributed by atoms with E-state index in [9.17, 15) is 9.18 Å². The molecule has 0 aliphatic carbocycles. The van der Waals surface area contributed by atoms with Crippen LogP contribution in [0.15, 0.2) is 59.1 Å². The van der Waals surface area contributed by atoms with Crippen LogP contribution in [0.25, 0.3) is 5.69 Å². The summed E-state index contributed by atoms with van der Waals surface area (Å²) >= 11 is 2.86. The van der Waals surface area contributed by atoms with Gasteiger partial charge in [-0.1, -0.05) is 47.4 Å². The number of benzene rings is 2. The summed E-state index contributed by atoms with van der Waals surface area (Å²) in [6, 6.07) is 14.0. The van der Waals surface area contributed by atoms with Gasteiger partial charge in [0, 0.05) is 5.75 Å². The van der Waals surface area contributed by atoms with Crippen LogP contribution in [0.1, 0.15) is 28.5 Å². The molecule has 0 atom stereocenters. The second kappa shape index (κ2) is 9.92. The van der Waals surface area contributed by atoms with E-state index in [2.05, 4.69) is 39.7 Å². The number of carbonyl (C=O) groups is 1. The maximum absolute atomic E-state index is 13.2. The highest BCUT2D eigenvalue weighted by atomic mass is 32.2.